The largest absolute Gasteiger partial charge is 0.306 e. The quantitative estimate of drug-likeness (QED) is 0.777. The van der Waals surface area contributed by atoms with Gasteiger partial charge in [0, 0.05) is 0 Å². The topological polar surface area (TPSA) is 54.9 Å². The molecule has 62 valence electrons. The Hall–Kier alpha value is -1.23. The van der Waals surface area contributed by atoms with E-state index in [-0.39, 0.29) is 5.91 Å². The van der Waals surface area contributed by atoms with E-state index < -0.39 is 0 Å². The predicted octanol–water partition coefficient (Wildman–Crippen LogP) is 1.36. The third-order valence-corrected chi connectivity index (χ3v) is 1.42. The van der Waals surface area contributed by atoms with Crippen LogP contribution in [0.2, 0.25) is 0 Å². The van der Waals surface area contributed by atoms with Crippen molar-refractivity contribution in [2.24, 2.45) is 0 Å². The zero-order valence-electron chi connectivity index (χ0n) is 6.12. The van der Waals surface area contributed by atoms with Crippen molar-refractivity contribution in [2.75, 3.05) is 5.32 Å². The standard InChI is InChI=1S/C7H6BrN3O/c1-2-7(12)11-6-4-9-3-5(8)10-6/h2-4H,1H2,(H,10,11,12). The van der Waals surface area contributed by atoms with E-state index in [1.54, 1.807) is 0 Å². The molecular formula is C7H6BrN3O. The van der Waals surface area contributed by atoms with Crippen LogP contribution in [0.15, 0.2) is 29.7 Å². The van der Waals surface area contributed by atoms with E-state index in [0.29, 0.717) is 10.4 Å². The van der Waals surface area contributed by atoms with Crippen molar-refractivity contribution in [3.8, 4) is 0 Å². The molecule has 0 spiro atoms. The maximum atomic E-state index is 10.8. The Morgan fingerprint density at radius 1 is 1.67 bits per heavy atom. The first-order valence-electron chi connectivity index (χ1n) is 3.13. The van der Waals surface area contributed by atoms with Crippen LogP contribution in [-0.2, 0) is 4.79 Å². The molecule has 1 rings (SSSR count). The lowest BCUT2D eigenvalue weighted by Gasteiger charge is -1.99. The molecule has 0 bridgehead atoms. The molecule has 0 unspecified atom stereocenters. The number of hydrogen-bond acceptors (Lipinski definition) is 3. The number of halogens is 1. The van der Waals surface area contributed by atoms with Crippen LogP contribution in [0.3, 0.4) is 0 Å². The molecule has 1 amide bonds. The summed E-state index contributed by atoms with van der Waals surface area (Å²) in [6.07, 6.45) is 4.15. The van der Waals surface area contributed by atoms with Crippen molar-refractivity contribution in [3.05, 3.63) is 29.7 Å². The number of carbonyl (C=O) groups excluding carboxylic acids is 1. The smallest absolute Gasteiger partial charge is 0.248 e. The van der Waals surface area contributed by atoms with Crippen molar-refractivity contribution in [2.45, 2.75) is 0 Å². The summed E-state index contributed by atoms with van der Waals surface area (Å²) in [6.45, 7) is 3.31. The summed E-state index contributed by atoms with van der Waals surface area (Å²) in [7, 11) is 0. The minimum Gasteiger partial charge on any atom is -0.306 e. The molecular weight excluding hydrogens is 222 g/mol. The minimum absolute atomic E-state index is 0.303. The first-order chi connectivity index (χ1) is 5.72. The molecule has 1 aromatic heterocycles. The highest BCUT2D eigenvalue weighted by molar-refractivity contribution is 9.10. The van der Waals surface area contributed by atoms with E-state index in [4.69, 9.17) is 0 Å². The van der Waals surface area contributed by atoms with Crippen molar-refractivity contribution in [3.63, 3.8) is 0 Å². The van der Waals surface area contributed by atoms with Crippen LogP contribution in [0, 0.1) is 0 Å². The molecule has 0 aromatic carbocycles. The third kappa shape index (κ3) is 2.43. The van der Waals surface area contributed by atoms with Crippen LogP contribution in [0.1, 0.15) is 0 Å². The maximum absolute atomic E-state index is 10.8. The van der Waals surface area contributed by atoms with Gasteiger partial charge in [0.25, 0.3) is 0 Å². The Kier molecular flexibility index (Phi) is 2.93. The molecule has 0 fully saturated rings. The molecule has 0 radical (unpaired) electrons. The zero-order chi connectivity index (χ0) is 8.97. The molecule has 0 aliphatic carbocycles. The molecule has 1 heterocycles. The molecule has 0 aliphatic rings. The van der Waals surface area contributed by atoms with Crippen molar-refractivity contribution < 1.29 is 4.79 Å². The van der Waals surface area contributed by atoms with Crippen LogP contribution in [0.5, 0.6) is 0 Å². The zero-order valence-corrected chi connectivity index (χ0v) is 7.71. The van der Waals surface area contributed by atoms with E-state index >= 15 is 0 Å². The highest BCUT2D eigenvalue weighted by Gasteiger charge is 1.98. The summed E-state index contributed by atoms with van der Waals surface area (Å²) in [4.78, 5) is 18.5. The monoisotopic (exact) mass is 227 g/mol. The Balaban J connectivity index is 2.76. The van der Waals surface area contributed by atoms with Crippen molar-refractivity contribution in [1.82, 2.24) is 9.97 Å². The highest BCUT2D eigenvalue weighted by Crippen LogP contribution is 2.07. The van der Waals surface area contributed by atoms with Gasteiger partial charge in [0.2, 0.25) is 5.91 Å². The van der Waals surface area contributed by atoms with Gasteiger partial charge in [-0.1, -0.05) is 6.58 Å². The van der Waals surface area contributed by atoms with E-state index in [2.05, 4.69) is 37.8 Å². The first kappa shape index (κ1) is 8.86. The number of hydrogen-bond donors (Lipinski definition) is 1. The summed E-state index contributed by atoms with van der Waals surface area (Å²) in [5.41, 5.74) is 0. The molecule has 0 saturated carbocycles. The number of anilines is 1. The second kappa shape index (κ2) is 3.96. The van der Waals surface area contributed by atoms with Gasteiger partial charge in [-0.15, -0.1) is 0 Å². The lowest BCUT2D eigenvalue weighted by molar-refractivity contribution is -0.111. The van der Waals surface area contributed by atoms with Crippen LogP contribution >= 0.6 is 15.9 Å². The second-order valence-corrected chi connectivity index (χ2v) is 2.73. The normalized spacial score (nSPS) is 9.08. The number of nitrogens with one attached hydrogen (secondary N) is 1. The Morgan fingerprint density at radius 3 is 3.00 bits per heavy atom. The van der Waals surface area contributed by atoms with Gasteiger partial charge in [-0.2, -0.15) is 0 Å². The van der Waals surface area contributed by atoms with E-state index in [1.165, 1.54) is 18.5 Å². The SMILES string of the molecule is C=CC(=O)Nc1cncc(Br)n1. The average molecular weight is 228 g/mol. The van der Waals surface area contributed by atoms with E-state index in [1.807, 2.05) is 0 Å². The molecule has 0 aliphatic heterocycles. The maximum Gasteiger partial charge on any atom is 0.248 e. The van der Waals surface area contributed by atoms with Gasteiger partial charge in [-0.05, 0) is 22.0 Å². The summed E-state index contributed by atoms with van der Waals surface area (Å²) >= 11 is 3.12. The molecule has 1 aromatic rings. The van der Waals surface area contributed by atoms with Crippen molar-refractivity contribution >= 4 is 27.7 Å². The number of nitrogens with zero attached hydrogens (tertiary/aromatic N) is 2. The van der Waals surface area contributed by atoms with Crippen LogP contribution in [-0.4, -0.2) is 15.9 Å². The fourth-order valence-corrected chi connectivity index (χ4v) is 0.889. The Morgan fingerprint density at radius 2 is 2.42 bits per heavy atom. The average Bonchev–Trinajstić information content (AvgIpc) is 2.04. The van der Waals surface area contributed by atoms with E-state index in [9.17, 15) is 4.79 Å². The fourth-order valence-electron chi connectivity index (χ4n) is 0.580. The summed E-state index contributed by atoms with van der Waals surface area (Å²) < 4.78 is 0.573. The predicted molar refractivity (Wildman–Crippen MR) is 48.6 cm³/mol. The van der Waals surface area contributed by atoms with Crippen LogP contribution in [0.4, 0.5) is 5.82 Å². The number of amides is 1. The summed E-state index contributed by atoms with van der Waals surface area (Å²) in [6, 6.07) is 0. The Labute approximate surface area is 77.9 Å². The highest BCUT2D eigenvalue weighted by atomic mass is 79.9. The number of rotatable bonds is 2. The Bertz CT molecular complexity index is 313. The first-order valence-corrected chi connectivity index (χ1v) is 3.92. The summed E-state index contributed by atoms with van der Waals surface area (Å²) in [5.74, 6) is 0.0941. The van der Waals surface area contributed by atoms with Gasteiger partial charge in [0.1, 0.15) is 4.60 Å². The van der Waals surface area contributed by atoms with E-state index in [0.717, 1.165) is 0 Å². The molecule has 1 N–H and O–H groups in total. The molecule has 4 nitrogen and oxygen atoms in total. The lowest BCUT2D eigenvalue weighted by Crippen LogP contribution is -2.08. The third-order valence-electron chi connectivity index (χ3n) is 1.04. The van der Waals surface area contributed by atoms with Crippen LogP contribution in [0.25, 0.3) is 0 Å². The van der Waals surface area contributed by atoms with Gasteiger partial charge in [-0.25, -0.2) is 4.98 Å². The summed E-state index contributed by atoms with van der Waals surface area (Å²) in [5, 5.41) is 2.47. The molecule has 0 atom stereocenters. The number of carbonyl (C=O) groups is 1. The van der Waals surface area contributed by atoms with Crippen molar-refractivity contribution in [1.29, 1.82) is 0 Å². The minimum atomic E-state index is -0.303. The van der Waals surface area contributed by atoms with Gasteiger partial charge in [-0.3, -0.25) is 9.78 Å². The van der Waals surface area contributed by atoms with Gasteiger partial charge < -0.3 is 5.32 Å². The molecule has 5 heteroatoms. The van der Waals surface area contributed by atoms with Crippen LogP contribution < -0.4 is 5.32 Å². The van der Waals surface area contributed by atoms with Gasteiger partial charge in [0.15, 0.2) is 5.82 Å². The van der Waals surface area contributed by atoms with Gasteiger partial charge >= 0.3 is 0 Å². The van der Waals surface area contributed by atoms with Gasteiger partial charge in [0.05, 0.1) is 12.4 Å². The lowest BCUT2D eigenvalue weighted by atomic mass is 10.5. The fraction of sp³-hybridized carbons (Fsp3) is 0. The second-order valence-electron chi connectivity index (χ2n) is 1.92. The number of aromatic nitrogens is 2. The molecule has 12 heavy (non-hydrogen) atoms. The molecule has 0 saturated heterocycles.